The van der Waals surface area contributed by atoms with Gasteiger partial charge in [0.05, 0.1) is 6.42 Å². The summed E-state index contributed by atoms with van der Waals surface area (Å²) in [5, 5.41) is 11.4. The first kappa shape index (κ1) is 19.4. The number of carboxylic acid groups (broad SMARTS) is 1. The largest absolute Gasteiger partial charge is 0.481 e. The first-order valence-electron chi connectivity index (χ1n) is 8.67. The molecule has 1 saturated carbocycles. The number of benzene rings is 1. The molecule has 0 radical (unpaired) electrons. The van der Waals surface area contributed by atoms with E-state index in [1.54, 1.807) is 12.1 Å². The smallest absolute Gasteiger partial charge is 0.303 e. The predicted octanol–water partition coefficient (Wildman–Crippen LogP) is 1.83. The molecule has 1 aliphatic carbocycles. The lowest BCUT2D eigenvalue weighted by molar-refractivity contribution is -0.138. The maximum atomic E-state index is 12.2. The Morgan fingerprint density at radius 3 is 2.19 bits per heavy atom. The summed E-state index contributed by atoms with van der Waals surface area (Å²) in [4.78, 5) is 45.9. The Kier molecular flexibility index (Phi) is 7.13. The molecular formula is C18H23N3O5. The molecule has 1 aromatic carbocycles. The van der Waals surface area contributed by atoms with Crippen LogP contribution < -0.4 is 16.2 Å². The molecule has 2 rings (SSSR count). The summed E-state index contributed by atoms with van der Waals surface area (Å²) in [6.45, 7) is 0. The Morgan fingerprint density at radius 2 is 1.58 bits per heavy atom. The Morgan fingerprint density at radius 1 is 0.923 bits per heavy atom. The number of carboxylic acids is 1. The van der Waals surface area contributed by atoms with E-state index in [0.717, 1.165) is 25.7 Å². The monoisotopic (exact) mass is 361 g/mol. The summed E-state index contributed by atoms with van der Waals surface area (Å²) >= 11 is 0. The molecule has 3 amide bonds. The van der Waals surface area contributed by atoms with Gasteiger partial charge >= 0.3 is 5.97 Å². The average Bonchev–Trinajstić information content (AvgIpc) is 2.65. The topological polar surface area (TPSA) is 125 Å². The number of amides is 3. The van der Waals surface area contributed by atoms with Crippen LogP contribution in [0.3, 0.4) is 0 Å². The van der Waals surface area contributed by atoms with Crippen LogP contribution in [-0.4, -0.2) is 28.8 Å². The van der Waals surface area contributed by atoms with Gasteiger partial charge in [0.2, 0.25) is 11.8 Å². The fourth-order valence-electron chi connectivity index (χ4n) is 2.80. The summed E-state index contributed by atoms with van der Waals surface area (Å²) in [6, 6.07) is 6.33. The number of aliphatic carboxylic acids is 1. The van der Waals surface area contributed by atoms with Gasteiger partial charge < -0.3 is 10.4 Å². The molecule has 0 unspecified atom stereocenters. The van der Waals surface area contributed by atoms with Gasteiger partial charge in [-0.3, -0.25) is 30.0 Å². The molecule has 0 aromatic heterocycles. The number of carbonyl (C=O) groups is 4. The normalized spacial score (nSPS) is 14.3. The van der Waals surface area contributed by atoms with Gasteiger partial charge in [0.25, 0.3) is 5.91 Å². The van der Waals surface area contributed by atoms with E-state index in [0.29, 0.717) is 11.3 Å². The molecule has 140 valence electrons. The maximum Gasteiger partial charge on any atom is 0.303 e. The van der Waals surface area contributed by atoms with Crippen LogP contribution in [0.2, 0.25) is 0 Å². The second-order valence-electron chi connectivity index (χ2n) is 6.30. The van der Waals surface area contributed by atoms with Crippen molar-refractivity contribution in [2.75, 3.05) is 5.32 Å². The highest BCUT2D eigenvalue weighted by Crippen LogP contribution is 2.25. The number of hydrogen-bond donors (Lipinski definition) is 4. The first-order valence-corrected chi connectivity index (χ1v) is 8.67. The second-order valence-corrected chi connectivity index (χ2v) is 6.30. The van der Waals surface area contributed by atoms with Crippen LogP contribution in [0.15, 0.2) is 24.3 Å². The molecule has 0 atom stereocenters. The molecule has 1 aliphatic rings. The number of hydrazine groups is 1. The van der Waals surface area contributed by atoms with Crippen molar-refractivity contribution in [2.24, 2.45) is 5.92 Å². The fourth-order valence-corrected chi connectivity index (χ4v) is 2.80. The number of rotatable bonds is 6. The first-order chi connectivity index (χ1) is 12.5. The highest BCUT2D eigenvalue weighted by molar-refractivity contribution is 5.97. The number of anilines is 1. The number of carbonyl (C=O) groups excluding carboxylic acids is 3. The standard InChI is InChI=1S/C18H23N3O5/c22-15(10-11-16(23)24)20-21-18(26)13-6-8-14(9-7-13)19-17(25)12-4-2-1-3-5-12/h6-9,12H,1-5,10-11H2,(H,19,25)(H,20,22)(H,21,26)(H,23,24). The summed E-state index contributed by atoms with van der Waals surface area (Å²) in [7, 11) is 0. The molecule has 0 spiro atoms. The minimum Gasteiger partial charge on any atom is -0.481 e. The van der Waals surface area contributed by atoms with E-state index in [1.165, 1.54) is 18.6 Å². The van der Waals surface area contributed by atoms with Crippen LogP contribution >= 0.6 is 0 Å². The van der Waals surface area contributed by atoms with Crippen molar-refractivity contribution in [2.45, 2.75) is 44.9 Å². The maximum absolute atomic E-state index is 12.2. The minimum absolute atomic E-state index is 0.00703. The minimum atomic E-state index is -1.09. The summed E-state index contributed by atoms with van der Waals surface area (Å²) in [5.41, 5.74) is 5.29. The summed E-state index contributed by atoms with van der Waals surface area (Å²) < 4.78 is 0. The quantitative estimate of drug-likeness (QED) is 0.575. The van der Waals surface area contributed by atoms with Gasteiger partial charge in [-0.05, 0) is 37.1 Å². The third-order valence-corrected chi connectivity index (χ3v) is 4.27. The van der Waals surface area contributed by atoms with Crippen LogP contribution in [0.1, 0.15) is 55.3 Å². The second kappa shape index (κ2) is 9.55. The molecule has 26 heavy (non-hydrogen) atoms. The molecule has 0 heterocycles. The van der Waals surface area contributed by atoms with Crippen molar-refractivity contribution in [3.8, 4) is 0 Å². The zero-order valence-electron chi connectivity index (χ0n) is 14.4. The van der Waals surface area contributed by atoms with E-state index >= 15 is 0 Å². The van der Waals surface area contributed by atoms with Gasteiger partial charge in [-0.1, -0.05) is 19.3 Å². The van der Waals surface area contributed by atoms with Gasteiger partial charge in [-0.15, -0.1) is 0 Å². The Labute approximate surface area is 151 Å². The summed E-state index contributed by atoms with van der Waals surface area (Å²) in [5.74, 6) is -2.14. The SMILES string of the molecule is O=C(O)CCC(=O)NNC(=O)c1ccc(NC(=O)C2CCCCC2)cc1. The fraction of sp³-hybridized carbons (Fsp3) is 0.444. The van der Waals surface area contributed by atoms with E-state index in [-0.39, 0.29) is 24.7 Å². The summed E-state index contributed by atoms with van der Waals surface area (Å²) in [6.07, 6.45) is 4.63. The van der Waals surface area contributed by atoms with Gasteiger partial charge in [-0.25, -0.2) is 0 Å². The molecule has 0 bridgehead atoms. The molecular weight excluding hydrogens is 338 g/mol. The molecule has 4 N–H and O–H groups in total. The molecule has 8 heteroatoms. The lowest BCUT2D eigenvalue weighted by atomic mass is 9.88. The lowest BCUT2D eigenvalue weighted by Gasteiger charge is -2.20. The molecule has 1 fully saturated rings. The van der Waals surface area contributed by atoms with E-state index in [2.05, 4.69) is 16.2 Å². The van der Waals surface area contributed by atoms with E-state index in [9.17, 15) is 19.2 Å². The Bertz CT molecular complexity index is 666. The lowest BCUT2D eigenvalue weighted by Crippen LogP contribution is -2.41. The van der Waals surface area contributed by atoms with Gasteiger partial charge in [0, 0.05) is 23.6 Å². The van der Waals surface area contributed by atoms with E-state index < -0.39 is 17.8 Å². The molecule has 0 saturated heterocycles. The van der Waals surface area contributed by atoms with E-state index in [1.807, 2.05) is 0 Å². The van der Waals surface area contributed by atoms with Crippen molar-refractivity contribution >= 4 is 29.4 Å². The van der Waals surface area contributed by atoms with Crippen LogP contribution in [0, 0.1) is 5.92 Å². The Balaban J connectivity index is 1.80. The average molecular weight is 361 g/mol. The third-order valence-electron chi connectivity index (χ3n) is 4.27. The highest BCUT2D eigenvalue weighted by Gasteiger charge is 2.21. The van der Waals surface area contributed by atoms with Crippen LogP contribution in [0.25, 0.3) is 0 Å². The van der Waals surface area contributed by atoms with Crippen LogP contribution in [0.4, 0.5) is 5.69 Å². The van der Waals surface area contributed by atoms with Gasteiger partial charge in [0.1, 0.15) is 0 Å². The zero-order valence-corrected chi connectivity index (χ0v) is 14.4. The van der Waals surface area contributed by atoms with Crippen molar-refractivity contribution in [3.05, 3.63) is 29.8 Å². The van der Waals surface area contributed by atoms with Gasteiger partial charge in [0.15, 0.2) is 0 Å². The van der Waals surface area contributed by atoms with Crippen LogP contribution in [0.5, 0.6) is 0 Å². The predicted molar refractivity (Wildman–Crippen MR) is 94.1 cm³/mol. The number of hydrogen-bond acceptors (Lipinski definition) is 4. The van der Waals surface area contributed by atoms with Crippen molar-refractivity contribution in [3.63, 3.8) is 0 Å². The van der Waals surface area contributed by atoms with Gasteiger partial charge in [-0.2, -0.15) is 0 Å². The zero-order chi connectivity index (χ0) is 18.9. The number of nitrogens with one attached hydrogen (secondary N) is 3. The van der Waals surface area contributed by atoms with Crippen molar-refractivity contribution in [1.82, 2.24) is 10.9 Å². The highest BCUT2D eigenvalue weighted by atomic mass is 16.4. The van der Waals surface area contributed by atoms with E-state index in [4.69, 9.17) is 5.11 Å². The van der Waals surface area contributed by atoms with Crippen LogP contribution in [-0.2, 0) is 14.4 Å². The molecule has 0 aliphatic heterocycles. The molecule has 8 nitrogen and oxygen atoms in total. The van der Waals surface area contributed by atoms with Crippen molar-refractivity contribution in [1.29, 1.82) is 0 Å². The Hall–Kier alpha value is -2.90. The van der Waals surface area contributed by atoms with Crippen molar-refractivity contribution < 1.29 is 24.3 Å². The third kappa shape index (κ3) is 6.19. The molecule has 1 aromatic rings.